The molecule has 3 aliphatic rings. The van der Waals surface area contributed by atoms with Crippen LogP contribution in [0.3, 0.4) is 0 Å². The third-order valence-electron chi connectivity index (χ3n) is 5.90. The van der Waals surface area contributed by atoms with Crippen molar-refractivity contribution in [2.45, 2.75) is 89.6 Å². The zero-order chi connectivity index (χ0) is 12.4. The van der Waals surface area contributed by atoms with Gasteiger partial charge < -0.3 is 5.32 Å². The van der Waals surface area contributed by atoms with Crippen LogP contribution in [0.1, 0.15) is 77.6 Å². The Balaban J connectivity index is 1.42. The van der Waals surface area contributed by atoms with Gasteiger partial charge in [0.2, 0.25) is 0 Å². The summed E-state index contributed by atoms with van der Waals surface area (Å²) in [7, 11) is 0. The Morgan fingerprint density at radius 2 is 1.56 bits per heavy atom. The summed E-state index contributed by atoms with van der Waals surface area (Å²) in [6, 6.07) is 1.73. The minimum absolute atomic E-state index is 0.857. The second-order valence-corrected chi connectivity index (χ2v) is 7.25. The first kappa shape index (κ1) is 13.0. The first-order valence-corrected chi connectivity index (χ1v) is 8.61. The van der Waals surface area contributed by atoms with Crippen LogP contribution in [0.2, 0.25) is 0 Å². The van der Waals surface area contributed by atoms with Gasteiger partial charge in [-0.05, 0) is 69.1 Å². The topological polar surface area (TPSA) is 12.0 Å². The van der Waals surface area contributed by atoms with Crippen LogP contribution in [-0.2, 0) is 0 Å². The number of nitrogens with one attached hydrogen (secondary N) is 1. The Morgan fingerprint density at radius 3 is 2.22 bits per heavy atom. The molecule has 18 heavy (non-hydrogen) atoms. The van der Waals surface area contributed by atoms with Crippen molar-refractivity contribution in [2.75, 3.05) is 0 Å². The van der Waals surface area contributed by atoms with Crippen LogP contribution in [0, 0.1) is 17.8 Å². The maximum Gasteiger partial charge on any atom is 0.00723 e. The molecule has 0 aromatic carbocycles. The molecule has 0 radical (unpaired) electrons. The van der Waals surface area contributed by atoms with Crippen molar-refractivity contribution in [1.29, 1.82) is 0 Å². The predicted octanol–water partition coefficient (Wildman–Crippen LogP) is 4.51. The Kier molecular flexibility index (Phi) is 4.28. The van der Waals surface area contributed by atoms with Gasteiger partial charge in [0.15, 0.2) is 0 Å². The van der Waals surface area contributed by atoms with E-state index in [1.807, 2.05) is 0 Å². The molecule has 3 aliphatic carbocycles. The highest BCUT2D eigenvalue weighted by molar-refractivity contribution is 4.89. The van der Waals surface area contributed by atoms with E-state index in [9.17, 15) is 0 Å². The monoisotopic (exact) mass is 249 g/mol. The van der Waals surface area contributed by atoms with E-state index in [1.165, 1.54) is 57.8 Å². The lowest BCUT2D eigenvalue weighted by atomic mass is 9.80. The lowest BCUT2D eigenvalue weighted by molar-refractivity contribution is 0.212. The molecule has 0 amide bonds. The molecular formula is C17H31N. The highest BCUT2D eigenvalue weighted by Gasteiger charge is 2.35. The summed E-state index contributed by atoms with van der Waals surface area (Å²) >= 11 is 0. The molecule has 0 saturated heterocycles. The van der Waals surface area contributed by atoms with E-state index in [-0.39, 0.29) is 0 Å². The third-order valence-corrected chi connectivity index (χ3v) is 5.90. The first-order chi connectivity index (χ1) is 8.85. The highest BCUT2D eigenvalue weighted by atomic mass is 15.0. The number of rotatable bonds is 4. The van der Waals surface area contributed by atoms with Crippen molar-refractivity contribution < 1.29 is 0 Å². The van der Waals surface area contributed by atoms with E-state index in [1.54, 1.807) is 12.8 Å². The molecular weight excluding hydrogens is 218 g/mol. The van der Waals surface area contributed by atoms with Crippen LogP contribution in [0.5, 0.6) is 0 Å². The predicted molar refractivity (Wildman–Crippen MR) is 77.6 cm³/mol. The lowest BCUT2D eigenvalue weighted by Crippen LogP contribution is -2.43. The van der Waals surface area contributed by atoms with Crippen LogP contribution in [-0.4, -0.2) is 12.1 Å². The Labute approximate surface area is 113 Å². The van der Waals surface area contributed by atoms with Crippen molar-refractivity contribution in [3.63, 3.8) is 0 Å². The molecule has 0 aromatic rings. The maximum atomic E-state index is 4.02. The van der Waals surface area contributed by atoms with Crippen molar-refractivity contribution in [1.82, 2.24) is 5.32 Å². The first-order valence-electron chi connectivity index (χ1n) is 8.61. The van der Waals surface area contributed by atoms with Gasteiger partial charge in [-0.3, -0.25) is 0 Å². The van der Waals surface area contributed by atoms with Gasteiger partial charge in [0.05, 0.1) is 0 Å². The summed E-state index contributed by atoms with van der Waals surface area (Å²) < 4.78 is 0. The number of hydrogen-bond donors (Lipinski definition) is 1. The van der Waals surface area contributed by atoms with Gasteiger partial charge in [-0.25, -0.2) is 0 Å². The molecule has 2 unspecified atom stereocenters. The quantitative estimate of drug-likeness (QED) is 0.773. The van der Waals surface area contributed by atoms with Crippen LogP contribution in [0.4, 0.5) is 0 Å². The van der Waals surface area contributed by atoms with Crippen LogP contribution >= 0.6 is 0 Å². The molecule has 0 bridgehead atoms. The molecule has 0 spiro atoms. The Bertz CT molecular complexity index is 250. The molecule has 104 valence electrons. The van der Waals surface area contributed by atoms with Gasteiger partial charge in [-0.2, -0.15) is 0 Å². The van der Waals surface area contributed by atoms with Gasteiger partial charge in [0.1, 0.15) is 0 Å². The zero-order valence-electron chi connectivity index (χ0n) is 12.2. The summed E-state index contributed by atoms with van der Waals surface area (Å²) in [6.07, 6.45) is 16.3. The average molecular weight is 249 g/mol. The molecule has 3 fully saturated rings. The van der Waals surface area contributed by atoms with E-state index in [2.05, 4.69) is 12.2 Å². The standard InChI is InChI=1S/C17H31N/c1-2-13-6-10-16(11-7-13)18-17-5-3-4-15(12-17)14-8-9-14/h13-18H,2-12H2,1H3. The second kappa shape index (κ2) is 5.94. The van der Waals surface area contributed by atoms with Crippen LogP contribution in [0.25, 0.3) is 0 Å². The molecule has 0 aliphatic heterocycles. The third kappa shape index (κ3) is 3.29. The maximum absolute atomic E-state index is 4.02. The van der Waals surface area contributed by atoms with E-state index in [0.717, 1.165) is 29.8 Å². The molecule has 3 rings (SSSR count). The Hall–Kier alpha value is -0.0400. The fraction of sp³-hybridized carbons (Fsp3) is 1.00. The minimum Gasteiger partial charge on any atom is -0.311 e. The van der Waals surface area contributed by atoms with Gasteiger partial charge in [-0.15, -0.1) is 0 Å². The summed E-state index contributed by atoms with van der Waals surface area (Å²) in [5, 5.41) is 4.02. The van der Waals surface area contributed by atoms with Crippen LogP contribution < -0.4 is 5.32 Å². The SMILES string of the molecule is CCC1CCC(NC2CCCC(C3CC3)C2)CC1. The largest absolute Gasteiger partial charge is 0.311 e. The normalized spacial score (nSPS) is 41.8. The molecule has 1 heteroatoms. The summed E-state index contributed by atoms with van der Waals surface area (Å²) in [5.74, 6) is 3.25. The average Bonchev–Trinajstić information content (AvgIpc) is 3.24. The summed E-state index contributed by atoms with van der Waals surface area (Å²) in [6.45, 7) is 2.36. The minimum atomic E-state index is 0.857. The smallest absolute Gasteiger partial charge is 0.00723 e. The van der Waals surface area contributed by atoms with Gasteiger partial charge in [-0.1, -0.05) is 26.2 Å². The fourth-order valence-electron chi connectivity index (χ4n) is 4.45. The molecule has 3 saturated carbocycles. The number of hydrogen-bond acceptors (Lipinski definition) is 1. The summed E-state index contributed by atoms with van der Waals surface area (Å²) in [4.78, 5) is 0. The molecule has 2 atom stereocenters. The lowest BCUT2D eigenvalue weighted by Gasteiger charge is -2.36. The zero-order valence-corrected chi connectivity index (χ0v) is 12.2. The molecule has 0 aromatic heterocycles. The summed E-state index contributed by atoms with van der Waals surface area (Å²) in [5.41, 5.74) is 0. The van der Waals surface area contributed by atoms with Gasteiger partial charge in [0.25, 0.3) is 0 Å². The van der Waals surface area contributed by atoms with E-state index >= 15 is 0 Å². The fourth-order valence-corrected chi connectivity index (χ4v) is 4.45. The van der Waals surface area contributed by atoms with Crippen molar-refractivity contribution in [3.05, 3.63) is 0 Å². The van der Waals surface area contributed by atoms with E-state index in [0.29, 0.717) is 0 Å². The van der Waals surface area contributed by atoms with E-state index in [4.69, 9.17) is 0 Å². The van der Waals surface area contributed by atoms with Crippen molar-refractivity contribution in [2.24, 2.45) is 17.8 Å². The van der Waals surface area contributed by atoms with Gasteiger partial charge >= 0.3 is 0 Å². The van der Waals surface area contributed by atoms with Crippen molar-refractivity contribution in [3.8, 4) is 0 Å². The molecule has 1 N–H and O–H groups in total. The molecule has 0 heterocycles. The Morgan fingerprint density at radius 1 is 0.778 bits per heavy atom. The van der Waals surface area contributed by atoms with Crippen molar-refractivity contribution >= 4 is 0 Å². The van der Waals surface area contributed by atoms with E-state index < -0.39 is 0 Å². The van der Waals surface area contributed by atoms with Gasteiger partial charge in [0, 0.05) is 12.1 Å². The van der Waals surface area contributed by atoms with Crippen LogP contribution in [0.15, 0.2) is 0 Å². The molecule has 1 nitrogen and oxygen atoms in total. The highest BCUT2D eigenvalue weighted by Crippen LogP contribution is 2.44. The second-order valence-electron chi connectivity index (χ2n) is 7.25.